The van der Waals surface area contributed by atoms with Crippen molar-refractivity contribution in [2.24, 2.45) is 5.92 Å². The average molecular weight is 376 g/mol. The highest BCUT2D eigenvalue weighted by atomic mass is 16.6. The van der Waals surface area contributed by atoms with Crippen molar-refractivity contribution in [1.82, 2.24) is 5.32 Å². The van der Waals surface area contributed by atoms with E-state index in [2.05, 4.69) is 12.2 Å². The summed E-state index contributed by atoms with van der Waals surface area (Å²) in [7, 11) is 0. The summed E-state index contributed by atoms with van der Waals surface area (Å²) in [5, 5.41) is 2.92. The Balaban J connectivity index is 1.46. The minimum absolute atomic E-state index is 0.0465. The predicted molar refractivity (Wildman–Crippen MR) is 101 cm³/mol. The van der Waals surface area contributed by atoms with Gasteiger partial charge in [-0.2, -0.15) is 0 Å². The van der Waals surface area contributed by atoms with Crippen LogP contribution in [0.3, 0.4) is 0 Å². The molecule has 0 bridgehead atoms. The maximum atomic E-state index is 12.4. The van der Waals surface area contributed by atoms with E-state index in [-0.39, 0.29) is 24.2 Å². The molecule has 0 spiro atoms. The molecule has 0 radical (unpaired) electrons. The van der Waals surface area contributed by atoms with Crippen molar-refractivity contribution in [3.05, 3.63) is 18.2 Å². The molecule has 3 rings (SSSR count). The Kier molecular flexibility index (Phi) is 6.92. The van der Waals surface area contributed by atoms with E-state index in [4.69, 9.17) is 14.2 Å². The van der Waals surface area contributed by atoms with Gasteiger partial charge in [0.25, 0.3) is 0 Å². The van der Waals surface area contributed by atoms with E-state index < -0.39 is 0 Å². The summed E-state index contributed by atoms with van der Waals surface area (Å²) < 4.78 is 16.6. The molecule has 2 heterocycles. The minimum Gasteiger partial charge on any atom is -0.486 e. The third-order valence-electron chi connectivity index (χ3n) is 4.74. The number of fused-ring (bicyclic) bond motifs is 1. The maximum Gasteiger partial charge on any atom is 0.227 e. The molecule has 1 aromatic carbocycles. The molecule has 7 heteroatoms. The number of carbonyl (C=O) groups excluding carboxylic acids is 2. The summed E-state index contributed by atoms with van der Waals surface area (Å²) >= 11 is 0. The van der Waals surface area contributed by atoms with Gasteiger partial charge in [0.2, 0.25) is 11.8 Å². The van der Waals surface area contributed by atoms with Gasteiger partial charge in [-0.05, 0) is 25.0 Å². The first-order chi connectivity index (χ1) is 13.2. The first kappa shape index (κ1) is 19.5. The largest absolute Gasteiger partial charge is 0.486 e. The third-order valence-corrected chi connectivity index (χ3v) is 4.74. The van der Waals surface area contributed by atoms with Gasteiger partial charge < -0.3 is 24.4 Å². The van der Waals surface area contributed by atoms with Crippen LogP contribution in [0.2, 0.25) is 0 Å². The summed E-state index contributed by atoms with van der Waals surface area (Å²) in [4.78, 5) is 26.4. The van der Waals surface area contributed by atoms with Crippen LogP contribution in [0, 0.1) is 5.92 Å². The molecule has 1 aromatic rings. The zero-order chi connectivity index (χ0) is 19.1. The molecule has 2 aliphatic heterocycles. The van der Waals surface area contributed by atoms with E-state index in [0.29, 0.717) is 44.4 Å². The van der Waals surface area contributed by atoms with E-state index >= 15 is 0 Å². The van der Waals surface area contributed by atoms with Crippen LogP contribution in [0.5, 0.6) is 11.5 Å². The van der Waals surface area contributed by atoms with E-state index in [1.807, 2.05) is 12.1 Å². The van der Waals surface area contributed by atoms with Gasteiger partial charge in [-0.1, -0.05) is 13.3 Å². The summed E-state index contributed by atoms with van der Waals surface area (Å²) in [6, 6.07) is 5.45. The number of amides is 2. The molecule has 2 amide bonds. The third kappa shape index (κ3) is 5.13. The van der Waals surface area contributed by atoms with Crippen molar-refractivity contribution in [3.8, 4) is 11.5 Å². The molecule has 0 aromatic heterocycles. The molecule has 2 aliphatic rings. The zero-order valence-corrected chi connectivity index (χ0v) is 15.9. The first-order valence-corrected chi connectivity index (χ1v) is 9.74. The van der Waals surface area contributed by atoms with Crippen molar-refractivity contribution in [2.75, 3.05) is 44.4 Å². The molecule has 7 nitrogen and oxygen atoms in total. The highest BCUT2D eigenvalue weighted by Gasteiger charge is 2.35. The van der Waals surface area contributed by atoms with Gasteiger partial charge in [0.05, 0.1) is 5.92 Å². The normalized spacial score (nSPS) is 18.6. The number of hydrogen-bond donors (Lipinski definition) is 1. The topological polar surface area (TPSA) is 77.1 Å². The van der Waals surface area contributed by atoms with E-state index in [1.54, 1.807) is 11.0 Å². The Morgan fingerprint density at radius 2 is 2.00 bits per heavy atom. The lowest BCUT2D eigenvalue weighted by Crippen LogP contribution is -2.33. The number of benzene rings is 1. The quantitative estimate of drug-likeness (QED) is 0.668. The molecule has 148 valence electrons. The van der Waals surface area contributed by atoms with Crippen LogP contribution in [0.1, 0.15) is 32.6 Å². The molecule has 27 heavy (non-hydrogen) atoms. The number of hydrogen-bond acceptors (Lipinski definition) is 5. The highest BCUT2D eigenvalue weighted by Crippen LogP contribution is 2.35. The molecular formula is C20H28N2O5. The van der Waals surface area contributed by atoms with Crippen LogP contribution in [-0.2, 0) is 14.3 Å². The number of ether oxygens (including phenoxy) is 3. The lowest BCUT2D eigenvalue weighted by Gasteiger charge is -2.22. The van der Waals surface area contributed by atoms with Crippen molar-refractivity contribution >= 4 is 17.5 Å². The van der Waals surface area contributed by atoms with Crippen LogP contribution in [0.15, 0.2) is 18.2 Å². The summed E-state index contributed by atoms with van der Waals surface area (Å²) in [5.74, 6) is 0.882. The van der Waals surface area contributed by atoms with Gasteiger partial charge in [0, 0.05) is 44.5 Å². The highest BCUT2D eigenvalue weighted by molar-refractivity contribution is 6.00. The van der Waals surface area contributed by atoms with Crippen molar-refractivity contribution in [1.29, 1.82) is 0 Å². The smallest absolute Gasteiger partial charge is 0.227 e. The van der Waals surface area contributed by atoms with Gasteiger partial charge in [0.1, 0.15) is 13.2 Å². The molecule has 0 saturated carbocycles. The van der Waals surface area contributed by atoms with E-state index in [9.17, 15) is 9.59 Å². The minimum atomic E-state index is -0.327. The fourth-order valence-corrected chi connectivity index (χ4v) is 3.21. The van der Waals surface area contributed by atoms with Crippen LogP contribution >= 0.6 is 0 Å². The monoisotopic (exact) mass is 376 g/mol. The first-order valence-electron chi connectivity index (χ1n) is 9.74. The average Bonchev–Trinajstić information content (AvgIpc) is 3.08. The van der Waals surface area contributed by atoms with Crippen LogP contribution < -0.4 is 19.7 Å². The lowest BCUT2D eigenvalue weighted by atomic mass is 10.1. The second-order valence-electron chi connectivity index (χ2n) is 6.84. The van der Waals surface area contributed by atoms with Gasteiger partial charge in [0.15, 0.2) is 11.5 Å². The standard InChI is InChI=1S/C20H28N2O5/c1-2-3-8-25-9-4-7-21-20(24)15-12-19(23)22(14-15)16-5-6-17-18(13-16)27-11-10-26-17/h5-6,13,15H,2-4,7-12,14H2,1H3,(H,21,24). The summed E-state index contributed by atoms with van der Waals surface area (Å²) in [6.07, 6.45) is 3.19. The van der Waals surface area contributed by atoms with Crippen LogP contribution in [0.25, 0.3) is 0 Å². The zero-order valence-electron chi connectivity index (χ0n) is 15.9. The molecule has 1 unspecified atom stereocenters. The number of nitrogens with zero attached hydrogens (tertiary/aromatic N) is 1. The number of nitrogens with one attached hydrogen (secondary N) is 1. The molecule has 1 saturated heterocycles. The van der Waals surface area contributed by atoms with Gasteiger partial charge in [-0.15, -0.1) is 0 Å². The summed E-state index contributed by atoms with van der Waals surface area (Å²) in [5.41, 5.74) is 0.740. The second-order valence-corrected chi connectivity index (χ2v) is 6.84. The van der Waals surface area contributed by atoms with Crippen LogP contribution in [0.4, 0.5) is 5.69 Å². The second kappa shape index (κ2) is 9.60. The Morgan fingerprint density at radius 1 is 1.22 bits per heavy atom. The summed E-state index contributed by atoms with van der Waals surface area (Å²) in [6.45, 7) is 5.52. The van der Waals surface area contributed by atoms with Gasteiger partial charge in [-0.3, -0.25) is 9.59 Å². The fraction of sp³-hybridized carbons (Fsp3) is 0.600. The van der Waals surface area contributed by atoms with Gasteiger partial charge >= 0.3 is 0 Å². The number of carbonyl (C=O) groups is 2. The predicted octanol–water partition coefficient (Wildman–Crippen LogP) is 2.13. The van der Waals surface area contributed by atoms with Crippen molar-refractivity contribution in [3.63, 3.8) is 0 Å². The Hall–Kier alpha value is -2.28. The van der Waals surface area contributed by atoms with E-state index in [0.717, 1.165) is 31.6 Å². The molecule has 1 fully saturated rings. The van der Waals surface area contributed by atoms with Crippen LogP contribution in [-0.4, -0.2) is 51.3 Å². The Labute approximate surface area is 160 Å². The molecule has 0 aliphatic carbocycles. The molecule has 1 N–H and O–H groups in total. The number of anilines is 1. The molecule has 1 atom stereocenters. The Morgan fingerprint density at radius 3 is 2.81 bits per heavy atom. The van der Waals surface area contributed by atoms with E-state index in [1.165, 1.54) is 0 Å². The molecular weight excluding hydrogens is 348 g/mol. The maximum absolute atomic E-state index is 12.4. The lowest BCUT2D eigenvalue weighted by molar-refractivity contribution is -0.126. The Bertz CT molecular complexity index is 664. The van der Waals surface area contributed by atoms with Crippen molar-refractivity contribution < 1.29 is 23.8 Å². The fourth-order valence-electron chi connectivity index (χ4n) is 3.21. The van der Waals surface area contributed by atoms with Crippen molar-refractivity contribution in [2.45, 2.75) is 32.6 Å². The van der Waals surface area contributed by atoms with Gasteiger partial charge in [-0.25, -0.2) is 0 Å². The number of rotatable bonds is 9. The SMILES string of the molecule is CCCCOCCCNC(=O)C1CC(=O)N(c2ccc3c(c2)OCCO3)C1. The number of unbranched alkanes of at least 4 members (excludes halogenated alkanes) is 1.